The second-order valence-electron chi connectivity index (χ2n) is 8.10. The van der Waals surface area contributed by atoms with Crippen LogP contribution in [0.25, 0.3) is 17.2 Å². The average molecular weight is 482 g/mol. The first-order valence-electron chi connectivity index (χ1n) is 8.76. The molecule has 0 nitrogen and oxygen atoms in total. The second kappa shape index (κ2) is 9.37. The smallest absolute Gasteiger partial charge is 1.00 e. The van der Waals surface area contributed by atoms with Crippen molar-refractivity contribution in [2.24, 2.45) is 0 Å². The molecule has 0 heterocycles. The van der Waals surface area contributed by atoms with Gasteiger partial charge < -0.3 is 24.8 Å². The zero-order valence-corrected chi connectivity index (χ0v) is 21.4. The molecule has 4 heteroatoms. The maximum atomic E-state index is 2.50. The van der Waals surface area contributed by atoms with Gasteiger partial charge in [0.2, 0.25) is 0 Å². The van der Waals surface area contributed by atoms with Crippen molar-refractivity contribution in [2.75, 3.05) is 0 Å². The Labute approximate surface area is 183 Å². The first kappa shape index (κ1) is 23.9. The first-order valence-corrected chi connectivity index (χ1v) is 16.4. The number of hydrogen-bond donors (Lipinski definition) is 0. The Kier molecular flexibility index (Phi) is 8.61. The molecule has 3 rings (SSSR count). The molecular formula is C22H27Cl2SiZr. The molecule has 0 aliphatic heterocycles. The van der Waals surface area contributed by atoms with Crippen molar-refractivity contribution < 1.29 is 47.2 Å². The van der Waals surface area contributed by atoms with Gasteiger partial charge in [-0.05, 0) is 0 Å². The second-order valence-corrected chi connectivity index (χ2v) is 21.3. The molecule has 1 radical (unpaired) electrons. The van der Waals surface area contributed by atoms with E-state index in [0.717, 1.165) is 3.63 Å². The van der Waals surface area contributed by atoms with Gasteiger partial charge in [0.25, 0.3) is 0 Å². The van der Waals surface area contributed by atoms with Crippen molar-refractivity contribution in [1.29, 1.82) is 0 Å². The third-order valence-electron chi connectivity index (χ3n) is 4.77. The molecule has 0 saturated carbocycles. The van der Waals surface area contributed by atoms with Gasteiger partial charge in [0.1, 0.15) is 0 Å². The topological polar surface area (TPSA) is 0 Å². The summed E-state index contributed by atoms with van der Waals surface area (Å²) in [4.78, 5) is 0. The summed E-state index contributed by atoms with van der Waals surface area (Å²) < 4.78 is 0.807. The molecular weight excluding hydrogens is 454 g/mol. The molecule has 1 unspecified atom stereocenters. The Bertz CT molecular complexity index is 774. The van der Waals surface area contributed by atoms with Crippen LogP contribution >= 0.6 is 0 Å². The van der Waals surface area contributed by atoms with Crippen LogP contribution in [-0.4, -0.2) is 5.92 Å². The van der Waals surface area contributed by atoms with Crippen molar-refractivity contribution in [3.05, 3.63) is 64.7 Å². The van der Waals surface area contributed by atoms with Gasteiger partial charge in [-0.15, -0.1) is 0 Å². The molecule has 1 aliphatic carbocycles. The number of rotatable bonds is 3. The largest absolute Gasteiger partial charge is 1.00 e. The predicted octanol–water partition coefficient (Wildman–Crippen LogP) is 0.451. The van der Waals surface area contributed by atoms with Crippen molar-refractivity contribution in [3.63, 3.8) is 0 Å². The Morgan fingerprint density at radius 1 is 0.923 bits per heavy atom. The summed E-state index contributed by atoms with van der Waals surface area (Å²) in [7, 11) is 0. The fraction of sp³-hybridized carbons (Fsp3) is 0.364. The van der Waals surface area contributed by atoms with Gasteiger partial charge in [-0.25, -0.2) is 0 Å². The minimum absolute atomic E-state index is 0. The molecule has 0 saturated heterocycles. The van der Waals surface area contributed by atoms with E-state index in [1.807, 2.05) is 0 Å². The molecule has 2 aromatic rings. The number of halogens is 2. The molecule has 0 amide bonds. The summed E-state index contributed by atoms with van der Waals surface area (Å²) >= 11 is -0.326. The molecule has 0 N–H and O–H groups in total. The van der Waals surface area contributed by atoms with Gasteiger partial charge in [-0.2, -0.15) is 0 Å². The average Bonchev–Trinajstić information content (AvgIpc) is 2.82. The molecule has 137 valence electrons. The molecule has 0 aromatic heterocycles. The van der Waals surface area contributed by atoms with Gasteiger partial charge in [0.05, 0.1) is 0 Å². The van der Waals surface area contributed by atoms with E-state index in [1.165, 1.54) is 22.3 Å². The quantitative estimate of drug-likeness (QED) is 0.559. The summed E-state index contributed by atoms with van der Waals surface area (Å²) in [6.45, 7) is 14.2. The number of fused-ring (bicyclic) bond motifs is 1. The van der Waals surface area contributed by atoms with E-state index in [4.69, 9.17) is 0 Å². The fourth-order valence-corrected chi connectivity index (χ4v) is 12.3. The van der Waals surface area contributed by atoms with Crippen LogP contribution in [0, 0.1) is 0 Å². The minimum Gasteiger partial charge on any atom is -1.00 e. The number of hydrogen-bond acceptors (Lipinski definition) is 0. The Hall–Kier alpha value is -0.140. The van der Waals surface area contributed by atoms with Crippen LogP contribution in [0.2, 0.25) is 13.1 Å². The molecule has 26 heavy (non-hydrogen) atoms. The van der Waals surface area contributed by atoms with Gasteiger partial charge >= 0.3 is 160 Å². The van der Waals surface area contributed by atoms with E-state index >= 15 is 0 Å². The minimum atomic E-state index is -0.326. The fourth-order valence-electron chi connectivity index (χ4n) is 3.43. The van der Waals surface area contributed by atoms with E-state index in [2.05, 4.69) is 89.3 Å². The Balaban J connectivity index is 0.00000169. The monoisotopic (exact) mass is 479 g/mol. The SMILES string of the molecule is CC1=Cc2c(-c3ccc(C(C)(C)C)cc3)cccc2[CH]1[Zr+2][Si](C)C.[Cl-].[Cl-]. The third kappa shape index (κ3) is 5.02. The van der Waals surface area contributed by atoms with E-state index in [9.17, 15) is 0 Å². The van der Waals surface area contributed by atoms with Crippen LogP contribution in [0.5, 0.6) is 0 Å². The summed E-state index contributed by atoms with van der Waals surface area (Å²) in [6.07, 6.45) is 2.47. The van der Waals surface area contributed by atoms with Gasteiger partial charge in [-0.1, -0.05) is 0 Å². The molecule has 0 bridgehead atoms. The summed E-state index contributed by atoms with van der Waals surface area (Å²) in [5.74, 6) is -0.0610. The standard InChI is InChI=1S/C20H21.C2H6Si.2ClH.Zr/c1-14-12-16-6-5-7-18(19(16)13-14)15-8-10-17(11-9-15)20(2,3)4;1-3-2;;;/h5-13H,1-4H3;1-2H3;2*1H;/q;;;;+2/p-2. The van der Waals surface area contributed by atoms with Crippen LogP contribution in [0.15, 0.2) is 48.0 Å². The summed E-state index contributed by atoms with van der Waals surface area (Å²) in [5.41, 5.74) is 9.11. The predicted molar refractivity (Wildman–Crippen MR) is 104 cm³/mol. The van der Waals surface area contributed by atoms with Crippen LogP contribution < -0.4 is 24.8 Å². The number of allylic oxidation sites excluding steroid dienone is 1. The van der Waals surface area contributed by atoms with Crippen LogP contribution in [0.1, 0.15) is 48.0 Å². The number of benzene rings is 2. The maximum absolute atomic E-state index is 2.50. The van der Waals surface area contributed by atoms with E-state index in [0.29, 0.717) is 0 Å². The zero-order chi connectivity index (χ0) is 17.5. The summed E-state index contributed by atoms with van der Waals surface area (Å²) in [6, 6.07) is 16.2. The van der Waals surface area contributed by atoms with E-state index in [-0.39, 0.29) is 58.5 Å². The van der Waals surface area contributed by atoms with Crippen LogP contribution in [0.3, 0.4) is 0 Å². The van der Waals surface area contributed by atoms with Crippen molar-refractivity contribution in [1.82, 2.24) is 0 Å². The van der Waals surface area contributed by atoms with Gasteiger partial charge in [0, 0.05) is 0 Å². The molecule has 0 spiro atoms. The third-order valence-corrected chi connectivity index (χ3v) is 13.9. The Morgan fingerprint density at radius 2 is 1.54 bits per heavy atom. The zero-order valence-electron chi connectivity index (χ0n) is 16.5. The molecule has 1 aliphatic rings. The first-order chi connectivity index (χ1) is 11.3. The molecule has 0 fully saturated rings. The Morgan fingerprint density at radius 3 is 2.08 bits per heavy atom. The molecule has 1 atom stereocenters. The van der Waals surface area contributed by atoms with Crippen molar-refractivity contribution in [3.8, 4) is 11.1 Å². The molecule has 2 aromatic carbocycles. The van der Waals surface area contributed by atoms with E-state index in [1.54, 1.807) is 11.1 Å². The van der Waals surface area contributed by atoms with Crippen molar-refractivity contribution >= 4 is 12.0 Å². The van der Waals surface area contributed by atoms with Gasteiger partial charge in [-0.3, -0.25) is 0 Å². The van der Waals surface area contributed by atoms with E-state index < -0.39 is 0 Å². The maximum Gasteiger partial charge on any atom is -1.00 e. The van der Waals surface area contributed by atoms with Crippen LogP contribution in [-0.2, 0) is 27.8 Å². The normalized spacial score (nSPS) is 15.5. The van der Waals surface area contributed by atoms with Gasteiger partial charge in [0.15, 0.2) is 0 Å². The summed E-state index contributed by atoms with van der Waals surface area (Å²) in [5, 5.41) is 0. The van der Waals surface area contributed by atoms with Crippen LogP contribution in [0.4, 0.5) is 0 Å². The van der Waals surface area contributed by atoms with Crippen molar-refractivity contribution in [2.45, 2.75) is 49.8 Å².